The number of hydrogen-bond acceptors (Lipinski definition) is 11. The molecule has 0 aliphatic carbocycles. The van der Waals surface area contributed by atoms with Gasteiger partial charge in [-0.25, -0.2) is 4.79 Å². The van der Waals surface area contributed by atoms with Gasteiger partial charge >= 0.3 is 19.3 Å². The van der Waals surface area contributed by atoms with E-state index in [0.29, 0.717) is 39.9 Å². The summed E-state index contributed by atoms with van der Waals surface area (Å²) in [6.45, 7) is 5.76. The number of benzene rings is 1. The van der Waals surface area contributed by atoms with Gasteiger partial charge in [0.1, 0.15) is 18.2 Å². The number of carboxylic acids is 1. The van der Waals surface area contributed by atoms with Crippen LogP contribution < -0.4 is 26.4 Å². The Bertz CT molecular complexity index is 1570. The molecule has 0 spiro atoms. The van der Waals surface area contributed by atoms with Crippen LogP contribution in [0.4, 0.5) is 11.9 Å². The Morgan fingerprint density at radius 3 is 2.27 bits per heavy atom. The van der Waals surface area contributed by atoms with E-state index < -0.39 is 26.4 Å². The number of nitrogens with one attached hydrogen (secondary N) is 3. The number of aryl methyl sites for hydroxylation is 1. The van der Waals surface area contributed by atoms with E-state index in [0.717, 1.165) is 38.2 Å². The molecule has 6 N–H and O–H groups in total. The average molecular weight is 709 g/mol. The first-order valence-electron chi connectivity index (χ1n) is 13.4. The topological polar surface area (TPSA) is 219 Å². The van der Waals surface area contributed by atoms with Crippen molar-refractivity contribution in [1.29, 1.82) is 0 Å². The van der Waals surface area contributed by atoms with Crippen LogP contribution in [0, 0.1) is 12.3 Å². The quantitative estimate of drug-likeness (QED) is 0.125. The van der Waals surface area contributed by atoms with Gasteiger partial charge in [-0.2, -0.15) is 19.6 Å². The van der Waals surface area contributed by atoms with Gasteiger partial charge in [-0.15, -0.1) is 11.5 Å². The van der Waals surface area contributed by atoms with Crippen molar-refractivity contribution in [2.24, 2.45) is 0 Å². The first kappa shape index (κ1) is 37.8. The number of aromatic nitrogens is 6. The lowest BCUT2D eigenvalue weighted by Crippen LogP contribution is -2.26. The van der Waals surface area contributed by atoms with Crippen molar-refractivity contribution >= 4 is 60.3 Å². The second-order valence-electron chi connectivity index (χ2n) is 8.90. The molecule has 0 radical (unpaired) electrons. The Kier molecular flexibility index (Phi) is 15.5. The van der Waals surface area contributed by atoms with Crippen LogP contribution in [-0.4, -0.2) is 82.7 Å². The molecule has 1 aromatic carbocycles. The first-order chi connectivity index (χ1) is 21.3. The number of terminal acetylenes is 1. The van der Waals surface area contributed by atoms with Crippen LogP contribution in [0.5, 0.6) is 5.75 Å². The molecule has 45 heavy (non-hydrogen) atoms. The standard InChI is InChI=1S/C15H13Cl2N3O2.C7H12ClN5.C3H8NO5P/c1-2-7-22-13-9-12(10(16)8-11(13)17)20-15(21)19-6-4-3-5-14(19)18-20;1-3-9-6-11-5(8)12-7(13-6)10-4-2;5-3(6)1-4-2-10(7,8)9/h1,8-9H,3-7H2;3-4H2,1-2H3,(H2,9,10,11,12,13);4H,1-2H2,(H,5,6)(H2,7,8,9). The summed E-state index contributed by atoms with van der Waals surface area (Å²) in [4.78, 5) is 50.5. The second kappa shape index (κ2) is 18.5. The molecule has 20 heteroatoms. The summed E-state index contributed by atoms with van der Waals surface area (Å²) < 4.78 is 18.4. The molecule has 0 bridgehead atoms. The zero-order valence-electron chi connectivity index (χ0n) is 24.3. The summed E-state index contributed by atoms with van der Waals surface area (Å²) in [6, 6.07) is 3.11. The van der Waals surface area contributed by atoms with Gasteiger partial charge in [-0.1, -0.05) is 29.1 Å². The second-order valence-corrected chi connectivity index (χ2v) is 11.7. The molecule has 0 saturated carbocycles. The van der Waals surface area contributed by atoms with E-state index in [2.05, 4.69) is 41.9 Å². The normalized spacial score (nSPS) is 12.0. The Labute approximate surface area is 273 Å². The van der Waals surface area contributed by atoms with Gasteiger partial charge in [-0.05, 0) is 44.4 Å². The molecular weight excluding hydrogens is 676 g/mol. The number of aliphatic carboxylic acids is 1. The summed E-state index contributed by atoms with van der Waals surface area (Å²) in [7, 11) is -4.10. The lowest BCUT2D eigenvalue weighted by atomic mass is 10.2. The fraction of sp³-hybridized carbons (Fsp3) is 0.440. The molecule has 0 unspecified atom stereocenters. The number of carboxylic acid groups (broad SMARTS) is 1. The number of fused-ring (bicyclic) bond motifs is 1. The van der Waals surface area contributed by atoms with Gasteiger partial charge in [0.05, 0.1) is 28.6 Å². The van der Waals surface area contributed by atoms with Gasteiger partial charge in [0, 0.05) is 32.1 Å². The van der Waals surface area contributed by atoms with E-state index in [9.17, 15) is 14.2 Å². The molecule has 246 valence electrons. The van der Waals surface area contributed by atoms with E-state index in [4.69, 9.17) is 60.9 Å². The smallest absolute Gasteiger partial charge is 0.350 e. The zero-order valence-corrected chi connectivity index (χ0v) is 27.5. The highest BCUT2D eigenvalue weighted by Gasteiger charge is 2.20. The Morgan fingerprint density at radius 1 is 1.09 bits per heavy atom. The lowest BCUT2D eigenvalue weighted by Gasteiger charge is -2.09. The Balaban J connectivity index is 0.000000262. The number of halogens is 3. The minimum absolute atomic E-state index is 0.0788. The molecule has 2 aromatic heterocycles. The van der Waals surface area contributed by atoms with Crippen molar-refractivity contribution in [2.45, 2.75) is 39.7 Å². The minimum Gasteiger partial charge on any atom is -0.480 e. The number of nitrogens with zero attached hydrogens (tertiary/aromatic N) is 6. The third-order valence-corrected chi connectivity index (χ3v) is 6.79. The number of rotatable bonds is 11. The molecule has 16 nitrogen and oxygen atoms in total. The van der Waals surface area contributed by atoms with Crippen LogP contribution >= 0.6 is 42.4 Å². The molecular formula is C25H33Cl3N9O7P. The van der Waals surface area contributed by atoms with Gasteiger partial charge in [0.2, 0.25) is 17.2 Å². The molecule has 3 aromatic rings. The monoisotopic (exact) mass is 707 g/mol. The Morgan fingerprint density at radius 2 is 1.73 bits per heavy atom. The summed E-state index contributed by atoms with van der Waals surface area (Å²) in [5, 5.41) is 21.2. The first-order valence-corrected chi connectivity index (χ1v) is 16.3. The molecule has 1 aliphatic heterocycles. The van der Waals surface area contributed by atoms with Gasteiger partial charge in [0.25, 0.3) is 0 Å². The van der Waals surface area contributed by atoms with Crippen molar-refractivity contribution in [3.05, 3.63) is 43.8 Å². The molecule has 4 rings (SSSR count). The van der Waals surface area contributed by atoms with E-state index in [1.807, 2.05) is 13.8 Å². The van der Waals surface area contributed by atoms with Crippen LogP contribution in [0.15, 0.2) is 16.9 Å². The summed E-state index contributed by atoms with van der Waals surface area (Å²) in [5.74, 6) is 3.36. The van der Waals surface area contributed by atoms with Crippen LogP contribution in [-0.2, 0) is 22.3 Å². The van der Waals surface area contributed by atoms with Crippen molar-refractivity contribution < 1.29 is 29.0 Å². The Hall–Kier alpha value is -3.42. The fourth-order valence-corrected chi connectivity index (χ4v) is 4.68. The van der Waals surface area contributed by atoms with Crippen molar-refractivity contribution in [2.75, 3.05) is 43.2 Å². The van der Waals surface area contributed by atoms with Gasteiger partial charge in [-0.3, -0.25) is 19.2 Å². The van der Waals surface area contributed by atoms with Gasteiger partial charge < -0.3 is 30.3 Å². The maximum atomic E-state index is 12.5. The number of anilines is 2. The molecule has 0 saturated heterocycles. The number of carbonyl (C=O) groups is 1. The average Bonchev–Trinajstić information content (AvgIpc) is 3.28. The van der Waals surface area contributed by atoms with E-state index >= 15 is 0 Å². The van der Waals surface area contributed by atoms with Crippen LogP contribution in [0.3, 0.4) is 0 Å². The number of hydrogen-bond donors (Lipinski definition) is 6. The highest BCUT2D eigenvalue weighted by Crippen LogP contribution is 2.33. The summed E-state index contributed by atoms with van der Waals surface area (Å²) >= 11 is 18.0. The van der Waals surface area contributed by atoms with E-state index in [1.54, 1.807) is 10.6 Å². The molecule has 0 atom stereocenters. The van der Waals surface area contributed by atoms with Crippen LogP contribution in [0.1, 0.15) is 32.5 Å². The summed E-state index contributed by atoms with van der Waals surface area (Å²) in [6.07, 6.45) is 7.37. The minimum atomic E-state index is -4.10. The van der Waals surface area contributed by atoms with Crippen molar-refractivity contribution in [3.63, 3.8) is 0 Å². The molecule has 1 aliphatic rings. The predicted octanol–water partition coefficient (Wildman–Crippen LogP) is 2.87. The van der Waals surface area contributed by atoms with Crippen LogP contribution in [0.25, 0.3) is 5.69 Å². The maximum Gasteiger partial charge on any atom is 0.350 e. The molecule has 3 heterocycles. The predicted molar refractivity (Wildman–Crippen MR) is 171 cm³/mol. The van der Waals surface area contributed by atoms with Crippen molar-refractivity contribution in [1.82, 2.24) is 34.6 Å². The molecule has 0 amide bonds. The van der Waals surface area contributed by atoms with Crippen LogP contribution in [0.2, 0.25) is 15.3 Å². The van der Waals surface area contributed by atoms with E-state index in [1.165, 1.54) is 10.7 Å². The highest BCUT2D eigenvalue weighted by atomic mass is 35.5. The summed E-state index contributed by atoms with van der Waals surface area (Å²) in [5.41, 5.74) is 0.229. The van der Waals surface area contributed by atoms with Crippen molar-refractivity contribution in [3.8, 4) is 23.8 Å². The zero-order chi connectivity index (χ0) is 33.6. The fourth-order valence-electron chi connectivity index (χ4n) is 3.60. The van der Waals surface area contributed by atoms with Gasteiger partial charge in [0.15, 0.2) is 0 Å². The third kappa shape index (κ3) is 12.8. The highest BCUT2D eigenvalue weighted by molar-refractivity contribution is 7.51. The number of ether oxygens (including phenoxy) is 1. The third-order valence-electron chi connectivity index (χ3n) is 5.38. The molecule has 0 fully saturated rings. The maximum absolute atomic E-state index is 12.5. The van der Waals surface area contributed by atoms with E-state index in [-0.39, 0.29) is 17.6 Å². The SMILES string of the molecule is C#CCOc1cc(-n2nc3n(c2=O)CCCC3)c(Cl)cc1Cl.CCNc1nc(Cl)nc(NCC)n1.O=C(O)CNCP(=O)(O)O. The lowest BCUT2D eigenvalue weighted by molar-refractivity contribution is -0.135. The largest absolute Gasteiger partial charge is 0.480 e.